The maximum atomic E-state index is 11.5. The van der Waals surface area contributed by atoms with E-state index in [0.717, 1.165) is 24.2 Å². The summed E-state index contributed by atoms with van der Waals surface area (Å²) in [6, 6.07) is 7.38. The molecule has 4 heteroatoms. The van der Waals surface area contributed by atoms with Gasteiger partial charge in [0.05, 0.1) is 7.11 Å². The van der Waals surface area contributed by atoms with Crippen molar-refractivity contribution in [1.29, 1.82) is 0 Å². The monoisotopic (exact) mass is 282 g/mol. The Morgan fingerprint density at radius 1 is 1.37 bits per heavy atom. The highest BCUT2D eigenvalue weighted by atomic mass is 35.5. The van der Waals surface area contributed by atoms with Gasteiger partial charge in [0, 0.05) is 6.08 Å². The summed E-state index contributed by atoms with van der Waals surface area (Å²) in [5.41, 5.74) is 0.352. The Morgan fingerprint density at radius 2 is 2.05 bits per heavy atom. The number of benzene rings is 1. The van der Waals surface area contributed by atoms with Gasteiger partial charge in [-0.2, -0.15) is 0 Å². The minimum atomic E-state index is -0.548. The van der Waals surface area contributed by atoms with Crippen LogP contribution in [0.25, 0.3) is 6.08 Å². The van der Waals surface area contributed by atoms with Crippen molar-refractivity contribution in [2.24, 2.45) is 0 Å². The van der Waals surface area contributed by atoms with Gasteiger partial charge in [0.15, 0.2) is 5.56 Å². The lowest BCUT2D eigenvalue weighted by atomic mass is 10.2. The Kier molecular flexibility index (Phi) is 7.04. The first-order valence-corrected chi connectivity index (χ1v) is 6.76. The van der Waals surface area contributed by atoms with E-state index in [1.165, 1.54) is 6.08 Å². The van der Waals surface area contributed by atoms with Crippen LogP contribution in [0.2, 0.25) is 0 Å². The van der Waals surface area contributed by atoms with E-state index in [2.05, 4.69) is 6.92 Å². The predicted octanol–water partition coefficient (Wildman–Crippen LogP) is 4.01. The van der Waals surface area contributed by atoms with Crippen LogP contribution in [0, 0.1) is 0 Å². The Bertz CT molecular complexity index is 412. The number of carbonyl (C=O) groups excluding carboxylic acids is 1. The van der Waals surface area contributed by atoms with Gasteiger partial charge in [0.2, 0.25) is 0 Å². The zero-order chi connectivity index (χ0) is 14.1. The topological polar surface area (TPSA) is 35.5 Å². The molecule has 0 radical (unpaired) electrons. The second-order valence-corrected chi connectivity index (χ2v) is 4.58. The van der Waals surface area contributed by atoms with Crippen molar-refractivity contribution in [3.63, 3.8) is 0 Å². The van der Waals surface area contributed by atoms with Crippen molar-refractivity contribution in [2.45, 2.75) is 31.7 Å². The van der Waals surface area contributed by atoms with E-state index in [1.807, 2.05) is 24.3 Å². The third kappa shape index (κ3) is 6.30. The Balaban J connectivity index is 2.44. The van der Waals surface area contributed by atoms with Crippen LogP contribution in [-0.4, -0.2) is 18.6 Å². The highest BCUT2D eigenvalue weighted by Gasteiger charge is 2.07. The van der Waals surface area contributed by atoms with Crippen LogP contribution in [0.5, 0.6) is 5.75 Å². The van der Waals surface area contributed by atoms with Crippen LogP contribution < -0.4 is 4.74 Å². The number of hydrogen-bond donors (Lipinski definition) is 0. The molecule has 1 aromatic carbocycles. The van der Waals surface area contributed by atoms with E-state index in [1.54, 1.807) is 13.2 Å². The summed E-state index contributed by atoms with van der Waals surface area (Å²) < 4.78 is 10.1. The van der Waals surface area contributed by atoms with Crippen molar-refractivity contribution in [2.75, 3.05) is 7.11 Å². The maximum absolute atomic E-state index is 11.5. The van der Waals surface area contributed by atoms with Crippen molar-refractivity contribution < 1.29 is 14.3 Å². The van der Waals surface area contributed by atoms with Gasteiger partial charge in [0.1, 0.15) is 5.75 Å². The van der Waals surface area contributed by atoms with Crippen LogP contribution in [0.1, 0.15) is 31.7 Å². The van der Waals surface area contributed by atoms with E-state index in [0.29, 0.717) is 6.42 Å². The first-order chi connectivity index (χ1) is 9.15. The first-order valence-electron chi connectivity index (χ1n) is 6.32. The largest absolute Gasteiger partial charge is 0.497 e. The summed E-state index contributed by atoms with van der Waals surface area (Å²) >= 11 is 5.88. The fourth-order valence-electron chi connectivity index (χ4n) is 1.47. The van der Waals surface area contributed by atoms with Gasteiger partial charge in [-0.1, -0.05) is 37.1 Å². The van der Waals surface area contributed by atoms with Crippen LogP contribution in [0.15, 0.2) is 30.3 Å². The van der Waals surface area contributed by atoms with Gasteiger partial charge < -0.3 is 9.47 Å². The molecule has 3 nitrogen and oxygen atoms in total. The van der Waals surface area contributed by atoms with Crippen LogP contribution in [0.4, 0.5) is 0 Å². The van der Waals surface area contributed by atoms with E-state index >= 15 is 0 Å². The summed E-state index contributed by atoms with van der Waals surface area (Å²) in [5, 5.41) is 0. The Labute approximate surface area is 119 Å². The summed E-state index contributed by atoms with van der Waals surface area (Å²) in [6.07, 6.45) is 5.72. The van der Waals surface area contributed by atoms with E-state index in [4.69, 9.17) is 21.1 Å². The molecule has 19 heavy (non-hydrogen) atoms. The number of halogens is 1. The number of carbonyl (C=O) groups is 1. The first kappa shape index (κ1) is 15.6. The molecule has 1 atom stereocenters. The molecule has 0 heterocycles. The van der Waals surface area contributed by atoms with Gasteiger partial charge in [-0.25, -0.2) is 4.79 Å². The number of esters is 1. The molecule has 104 valence electrons. The molecule has 0 aliphatic heterocycles. The van der Waals surface area contributed by atoms with Gasteiger partial charge in [-0.05, 0) is 36.6 Å². The van der Waals surface area contributed by atoms with Crippen molar-refractivity contribution in [3.05, 3.63) is 35.9 Å². The molecule has 0 aliphatic carbocycles. The molecule has 0 aliphatic rings. The van der Waals surface area contributed by atoms with Crippen LogP contribution in [-0.2, 0) is 9.53 Å². The lowest BCUT2D eigenvalue weighted by Gasteiger charge is -2.08. The minimum Gasteiger partial charge on any atom is -0.497 e. The van der Waals surface area contributed by atoms with E-state index in [-0.39, 0.29) is 0 Å². The second-order valence-electron chi connectivity index (χ2n) is 4.10. The summed E-state index contributed by atoms with van der Waals surface area (Å²) in [4.78, 5) is 11.5. The van der Waals surface area contributed by atoms with Gasteiger partial charge in [0.25, 0.3) is 0 Å². The highest BCUT2D eigenvalue weighted by Crippen LogP contribution is 2.13. The lowest BCUT2D eigenvalue weighted by molar-refractivity contribution is -0.139. The molecular weight excluding hydrogens is 264 g/mol. The van der Waals surface area contributed by atoms with Gasteiger partial charge >= 0.3 is 5.97 Å². The quantitative estimate of drug-likeness (QED) is 0.431. The number of hydrogen-bond acceptors (Lipinski definition) is 3. The average Bonchev–Trinajstić information content (AvgIpc) is 2.43. The zero-order valence-corrected chi connectivity index (χ0v) is 12.0. The van der Waals surface area contributed by atoms with E-state index < -0.39 is 11.5 Å². The molecule has 0 saturated heterocycles. The third-order valence-electron chi connectivity index (χ3n) is 2.56. The highest BCUT2D eigenvalue weighted by molar-refractivity contribution is 6.20. The molecule has 0 aromatic heterocycles. The zero-order valence-electron chi connectivity index (χ0n) is 11.3. The maximum Gasteiger partial charge on any atom is 0.332 e. The standard InChI is InChI=1S/C15H19ClO3/c1-3-4-5-14(16)19-15(17)11-8-12-6-9-13(18-2)10-7-12/h6-11,14H,3-5H2,1-2H3/b11-8+. The second kappa shape index (κ2) is 8.59. The Hall–Kier alpha value is -1.48. The fourth-order valence-corrected chi connectivity index (χ4v) is 1.71. The molecule has 0 bridgehead atoms. The van der Waals surface area contributed by atoms with Gasteiger partial charge in [-0.15, -0.1) is 0 Å². The van der Waals surface area contributed by atoms with Crippen LogP contribution in [0.3, 0.4) is 0 Å². The molecule has 1 aromatic rings. The molecular formula is C15H19ClO3. The molecule has 0 N–H and O–H groups in total. The molecule has 0 saturated carbocycles. The minimum absolute atomic E-state index is 0.424. The van der Waals surface area contributed by atoms with Crippen molar-refractivity contribution >= 4 is 23.6 Å². The Morgan fingerprint density at radius 3 is 2.63 bits per heavy atom. The number of ether oxygens (including phenoxy) is 2. The number of methoxy groups -OCH3 is 1. The average molecular weight is 283 g/mol. The molecule has 1 rings (SSSR count). The number of alkyl halides is 1. The molecule has 0 amide bonds. The van der Waals surface area contributed by atoms with Gasteiger partial charge in [-0.3, -0.25) is 0 Å². The summed E-state index contributed by atoms with van der Waals surface area (Å²) in [7, 11) is 1.61. The number of rotatable bonds is 7. The summed E-state index contributed by atoms with van der Waals surface area (Å²) in [6.45, 7) is 2.06. The predicted molar refractivity (Wildman–Crippen MR) is 77.3 cm³/mol. The smallest absolute Gasteiger partial charge is 0.332 e. The number of unbranched alkanes of at least 4 members (excludes halogenated alkanes) is 1. The van der Waals surface area contributed by atoms with E-state index in [9.17, 15) is 4.79 Å². The molecule has 1 unspecified atom stereocenters. The summed E-state index contributed by atoms with van der Waals surface area (Å²) in [5.74, 6) is 0.354. The third-order valence-corrected chi connectivity index (χ3v) is 2.86. The molecule has 0 spiro atoms. The van der Waals surface area contributed by atoms with Crippen molar-refractivity contribution in [1.82, 2.24) is 0 Å². The molecule has 0 fully saturated rings. The SMILES string of the molecule is CCCCC(Cl)OC(=O)/C=C/c1ccc(OC)cc1. The normalized spacial score (nSPS) is 12.4. The van der Waals surface area contributed by atoms with Crippen LogP contribution >= 0.6 is 11.6 Å². The lowest BCUT2D eigenvalue weighted by Crippen LogP contribution is -2.10. The fraction of sp³-hybridized carbons (Fsp3) is 0.400. The van der Waals surface area contributed by atoms with Crippen molar-refractivity contribution in [3.8, 4) is 5.75 Å².